The number of aliphatic hydroxyl groups is 1. The first-order valence-corrected chi connectivity index (χ1v) is 20.1. The van der Waals surface area contributed by atoms with Crippen molar-refractivity contribution in [2.24, 2.45) is 0 Å². The molecule has 0 aliphatic rings. The molecule has 0 aromatic carbocycles. The molecule has 49 heavy (non-hydrogen) atoms. The molecule has 0 aliphatic heterocycles. The molecule has 2 atom stereocenters. The summed E-state index contributed by atoms with van der Waals surface area (Å²) in [5.41, 5.74) is 0. The van der Waals surface area contributed by atoms with E-state index < -0.39 is 24.5 Å². The van der Waals surface area contributed by atoms with Crippen molar-refractivity contribution in [3.8, 4) is 0 Å². The van der Waals surface area contributed by atoms with Crippen molar-refractivity contribution in [1.29, 1.82) is 0 Å². The van der Waals surface area contributed by atoms with Gasteiger partial charge in [-0.3, -0.25) is 14.4 Å². The highest BCUT2D eigenvalue weighted by Crippen LogP contribution is 2.18. The summed E-state index contributed by atoms with van der Waals surface area (Å²) in [6.45, 7) is 3.44. The zero-order chi connectivity index (χ0) is 36.2. The Hall–Kier alpha value is -2.42. The number of rotatable bonds is 36. The molecule has 2 unspecified atom stereocenters. The quantitative estimate of drug-likeness (QED) is 0.0291. The highest BCUT2D eigenvalue weighted by Gasteiger charge is 2.19. The van der Waals surface area contributed by atoms with Gasteiger partial charge in [0, 0.05) is 12.8 Å². The van der Waals surface area contributed by atoms with Crippen LogP contribution in [0.1, 0.15) is 194 Å². The average Bonchev–Trinajstić information content (AvgIpc) is 3.08. The minimum absolute atomic E-state index is 0.0399. The molecule has 0 heterocycles. The lowest BCUT2D eigenvalue weighted by Gasteiger charge is -2.18. The van der Waals surface area contributed by atoms with Crippen LogP contribution < -0.4 is 10.6 Å². The number of aliphatic hydroxyl groups excluding tert-OH is 1. The van der Waals surface area contributed by atoms with Crippen molar-refractivity contribution < 1.29 is 34.1 Å². The van der Waals surface area contributed by atoms with E-state index in [4.69, 9.17) is 14.9 Å². The predicted molar refractivity (Wildman–Crippen MR) is 199 cm³/mol. The fourth-order valence-corrected chi connectivity index (χ4v) is 5.89. The van der Waals surface area contributed by atoms with E-state index in [-0.39, 0.29) is 30.9 Å². The summed E-state index contributed by atoms with van der Waals surface area (Å²) in [4.78, 5) is 47.4. The second-order valence-corrected chi connectivity index (χ2v) is 13.7. The van der Waals surface area contributed by atoms with Gasteiger partial charge in [0.15, 0.2) is 0 Å². The van der Waals surface area contributed by atoms with Crippen LogP contribution in [0.4, 0.5) is 0 Å². The molecule has 0 aliphatic carbocycles. The lowest BCUT2D eigenvalue weighted by Crippen LogP contribution is -2.47. The van der Waals surface area contributed by atoms with Gasteiger partial charge in [-0.15, -0.1) is 0 Å². The standard InChI is InChI=1S/C40H74N2O7/c1-3-5-7-9-11-12-13-14-15-16-17-18-19-20-22-28-32-39(46)49-35(29-25-21-10-8-6-4-2)30-26-23-24-27-31-37(44)41-33-38(45)42-36(34-43)40(47)48/h15-16,35-36,43H,3-14,17-34H2,1-2H3,(H,41,44)(H,42,45)(H,47,48)/b16-15-. The largest absolute Gasteiger partial charge is 0.480 e. The monoisotopic (exact) mass is 695 g/mol. The van der Waals surface area contributed by atoms with Gasteiger partial charge in [-0.2, -0.15) is 0 Å². The van der Waals surface area contributed by atoms with Crippen molar-refractivity contribution >= 4 is 23.8 Å². The summed E-state index contributed by atoms with van der Waals surface area (Å²) < 4.78 is 5.95. The Morgan fingerprint density at radius 2 is 1.04 bits per heavy atom. The highest BCUT2D eigenvalue weighted by molar-refractivity contribution is 5.87. The third-order valence-corrected chi connectivity index (χ3v) is 9.01. The first-order valence-electron chi connectivity index (χ1n) is 20.1. The molecule has 0 aromatic heterocycles. The summed E-state index contributed by atoms with van der Waals surface area (Å²) in [5, 5.41) is 22.5. The van der Waals surface area contributed by atoms with E-state index >= 15 is 0 Å². The SMILES string of the molecule is CCCCCCCCC/C=C\CCCCCCCC(=O)OC(CCCCCCCC)CCCCCCC(=O)NCC(=O)NC(CO)C(=O)O. The molecule has 9 heteroatoms. The Morgan fingerprint density at radius 3 is 1.53 bits per heavy atom. The smallest absolute Gasteiger partial charge is 0.328 e. The van der Waals surface area contributed by atoms with Crippen LogP contribution in [0.15, 0.2) is 12.2 Å². The fourth-order valence-electron chi connectivity index (χ4n) is 5.89. The van der Waals surface area contributed by atoms with Gasteiger partial charge in [-0.05, 0) is 64.2 Å². The third-order valence-electron chi connectivity index (χ3n) is 9.01. The Labute approximate surface area is 299 Å². The van der Waals surface area contributed by atoms with Crippen LogP contribution in [0, 0.1) is 0 Å². The minimum Gasteiger partial charge on any atom is -0.480 e. The number of amides is 2. The van der Waals surface area contributed by atoms with Gasteiger partial charge < -0.3 is 25.6 Å². The number of hydrogen-bond acceptors (Lipinski definition) is 6. The molecule has 0 saturated carbocycles. The van der Waals surface area contributed by atoms with Crippen molar-refractivity contribution in [2.45, 2.75) is 206 Å². The lowest BCUT2D eigenvalue weighted by atomic mass is 10.0. The molecule has 0 bridgehead atoms. The van der Waals surface area contributed by atoms with Gasteiger partial charge in [-0.1, -0.05) is 129 Å². The molecular formula is C40H74N2O7. The number of esters is 1. The number of aliphatic carboxylic acids is 1. The molecule has 0 radical (unpaired) electrons. The maximum absolute atomic E-state index is 12.7. The van der Waals surface area contributed by atoms with Crippen LogP contribution in [0.3, 0.4) is 0 Å². The second kappa shape index (κ2) is 35.4. The number of unbranched alkanes of at least 4 members (excludes halogenated alkanes) is 20. The minimum atomic E-state index is -1.38. The van der Waals surface area contributed by atoms with Crippen LogP contribution in [-0.4, -0.2) is 59.3 Å². The molecule has 2 amide bonds. The zero-order valence-corrected chi connectivity index (χ0v) is 31.5. The van der Waals surface area contributed by atoms with E-state index in [1.165, 1.54) is 103 Å². The Balaban J connectivity index is 4.13. The van der Waals surface area contributed by atoms with Gasteiger partial charge >= 0.3 is 11.9 Å². The fraction of sp³-hybridized carbons (Fsp3) is 0.850. The topological polar surface area (TPSA) is 142 Å². The summed E-state index contributed by atoms with van der Waals surface area (Å²) in [5.74, 6) is -2.33. The summed E-state index contributed by atoms with van der Waals surface area (Å²) in [6, 6.07) is -1.38. The first kappa shape index (κ1) is 46.6. The van der Waals surface area contributed by atoms with Crippen molar-refractivity contribution in [3.05, 3.63) is 12.2 Å². The van der Waals surface area contributed by atoms with Crippen LogP contribution in [-0.2, 0) is 23.9 Å². The van der Waals surface area contributed by atoms with Crippen molar-refractivity contribution in [2.75, 3.05) is 13.2 Å². The Bertz CT molecular complexity index is 848. The summed E-state index contributed by atoms with van der Waals surface area (Å²) in [6.07, 6.45) is 35.3. The molecule has 9 nitrogen and oxygen atoms in total. The van der Waals surface area contributed by atoms with Gasteiger partial charge in [0.1, 0.15) is 12.1 Å². The first-order chi connectivity index (χ1) is 23.8. The Morgan fingerprint density at radius 1 is 0.592 bits per heavy atom. The molecular weight excluding hydrogens is 620 g/mol. The summed E-state index contributed by atoms with van der Waals surface area (Å²) >= 11 is 0. The number of carbonyl (C=O) groups is 4. The molecule has 286 valence electrons. The maximum atomic E-state index is 12.7. The van der Waals surface area contributed by atoms with Crippen LogP contribution in [0.25, 0.3) is 0 Å². The molecule has 4 N–H and O–H groups in total. The van der Waals surface area contributed by atoms with E-state index in [1.807, 2.05) is 0 Å². The van der Waals surface area contributed by atoms with E-state index in [0.717, 1.165) is 57.8 Å². The highest BCUT2D eigenvalue weighted by atomic mass is 16.5. The number of hydrogen-bond donors (Lipinski definition) is 4. The van der Waals surface area contributed by atoms with E-state index in [1.54, 1.807) is 0 Å². The molecule has 0 saturated heterocycles. The summed E-state index contributed by atoms with van der Waals surface area (Å²) in [7, 11) is 0. The van der Waals surface area contributed by atoms with Gasteiger partial charge in [0.2, 0.25) is 11.8 Å². The number of carboxylic acids is 1. The van der Waals surface area contributed by atoms with Gasteiger partial charge in [0.25, 0.3) is 0 Å². The molecule has 0 aromatic rings. The predicted octanol–water partition coefficient (Wildman–Crippen LogP) is 9.09. The Kier molecular flexibility index (Phi) is 33.7. The van der Waals surface area contributed by atoms with Crippen molar-refractivity contribution in [3.63, 3.8) is 0 Å². The molecule has 0 fully saturated rings. The molecule has 0 spiro atoms. The lowest BCUT2D eigenvalue weighted by molar-refractivity contribution is -0.150. The molecule has 0 rings (SSSR count). The van der Waals surface area contributed by atoms with Crippen LogP contribution in [0.2, 0.25) is 0 Å². The third kappa shape index (κ3) is 32.5. The van der Waals surface area contributed by atoms with Crippen molar-refractivity contribution in [1.82, 2.24) is 10.6 Å². The number of carbonyl (C=O) groups excluding carboxylic acids is 3. The van der Waals surface area contributed by atoms with Crippen LogP contribution >= 0.6 is 0 Å². The van der Waals surface area contributed by atoms with Crippen LogP contribution in [0.5, 0.6) is 0 Å². The average molecular weight is 695 g/mol. The number of ether oxygens (including phenoxy) is 1. The number of carboxylic acid groups (broad SMARTS) is 1. The number of nitrogens with one attached hydrogen (secondary N) is 2. The number of allylic oxidation sites excluding steroid dienone is 2. The maximum Gasteiger partial charge on any atom is 0.328 e. The van der Waals surface area contributed by atoms with Gasteiger partial charge in [-0.25, -0.2) is 4.79 Å². The zero-order valence-electron chi connectivity index (χ0n) is 31.5. The second-order valence-electron chi connectivity index (χ2n) is 13.7. The normalized spacial score (nSPS) is 12.6. The van der Waals surface area contributed by atoms with E-state index in [9.17, 15) is 19.2 Å². The van der Waals surface area contributed by atoms with Gasteiger partial charge in [0.05, 0.1) is 13.2 Å². The van der Waals surface area contributed by atoms with E-state index in [0.29, 0.717) is 12.8 Å². The van der Waals surface area contributed by atoms with E-state index in [2.05, 4.69) is 36.6 Å².